The van der Waals surface area contributed by atoms with Crippen molar-refractivity contribution in [2.24, 2.45) is 0 Å². The van der Waals surface area contributed by atoms with Crippen LogP contribution in [0.1, 0.15) is 10.4 Å². The highest BCUT2D eigenvalue weighted by Gasteiger charge is 2.11. The average molecular weight is 376 g/mol. The molecule has 0 saturated heterocycles. The fourth-order valence-corrected chi connectivity index (χ4v) is 2.39. The Morgan fingerprint density at radius 1 is 1.15 bits per heavy atom. The summed E-state index contributed by atoms with van der Waals surface area (Å²) in [6.07, 6.45) is 0. The monoisotopic (exact) mass is 374 g/mol. The normalized spacial score (nSPS) is 10.3. The fourth-order valence-electron chi connectivity index (χ4n) is 1.57. The van der Waals surface area contributed by atoms with E-state index in [-0.39, 0.29) is 5.56 Å². The third-order valence-electron chi connectivity index (χ3n) is 2.60. The molecule has 0 unspecified atom stereocenters. The zero-order valence-electron chi connectivity index (χ0n) is 9.95. The molecule has 2 aromatic carbocycles. The number of carboxylic acids is 1. The van der Waals surface area contributed by atoms with Crippen LogP contribution in [0.2, 0.25) is 10.0 Å². The first-order valence-electron chi connectivity index (χ1n) is 5.43. The third-order valence-corrected chi connectivity index (χ3v) is 4.38. The van der Waals surface area contributed by atoms with Gasteiger partial charge in [-0.25, -0.2) is 4.79 Å². The van der Waals surface area contributed by atoms with Gasteiger partial charge in [-0.05, 0) is 46.3 Å². The van der Waals surface area contributed by atoms with Crippen molar-refractivity contribution in [1.29, 1.82) is 0 Å². The highest BCUT2D eigenvalue weighted by Crippen LogP contribution is 2.38. The van der Waals surface area contributed by atoms with E-state index in [1.807, 2.05) is 0 Å². The van der Waals surface area contributed by atoms with Gasteiger partial charge in [0.2, 0.25) is 0 Å². The zero-order valence-corrected chi connectivity index (χ0v) is 13.1. The molecule has 0 aliphatic rings. The van der Waals surface area contributed by atoms with E-state index in [0.29, 0.717) is 31.6 Å². The molecule has 7 heteroatoms. The Morgan fingerprint density at radius 2 is 1.85 bits per heavy atom. The van der Waals surface area contributed by atoms with Crippen LogP contribution in [-0.4, -0.2) is 11.1 Å². The molecule has 0 spiro atoms. The number of hydrogen-bond donors (Lipinski definition) is 3. The minimum Gasteiger partial charge on any atom is -0.478 e. The number of hydrogen-bond acceptors (Lipinski definition) is 3. The lowest BCUT2D eigenvalue weighted by molar-refractivity contribution is 0.0697. The fraction of sp³-hybridized carbons (Fsp3) is 0. The molecule has 0 atom stereocenters. The van der Waals surface area contributed by atoms with Crippen molar-refractivity contribution in [1.82, 2.24) is 0 Å². The van der Waals surface area contributed by atoms with Gasteiger partial charge in [0.15, 0.2) is 0 Å². The molecule has 2 aromatic rings. The lowest BCUT2D eigenvalue weighted by Crippen LogP contribution is -2.02. The van der Waals surface area contributed by atoms with Crippen LogP contribution in [0, 0.1) is 0 Å². The van der Waals surface area contributed by atoms with Gasteiger partial charge in [0, 0.05) is 4.47 Å². The van der Waals surface area contributed by atoms with Crippen LogP contribution >= 0.6 is 39.1 Å². The number of nitrogens with two attached hydrogens (primary N) is 1. The molecule has 0 aliphatic carbocycles. The SMILES string of the molecule is Nc1ccc(C(=O)O)cc1Nc1ccc(Br)c(Cl)c1Cl. The van der Waals surface area contributed by atoms with Gasteiger partial charge in [0.1, 0.15) is 0 Å². The van der Waals surface area contributed by atoms with Crippen LogP contribution in [0.15, 0.2) is 34.8 Å². The second kappa shape index (κ2) is 5.91. The third kappa shape index (κ3) is 3.00. The van der Waals surface area contributed by atoms with Crippen LogP contribution in [-0.2, 0) is 0 Å². The Morgan fingerprint density at radius 3 is 2.50 bits per heavy atom. The molecule has 0 radical (unpaired) electrons. The van der Waals surface area contributed by atoms with Crippen molar-refractivity contribution in [3.05, 3.63) is 50.4 Å². The maximum absolute atomic E-state index is 11.0. The first-order chi connectivity index (χ1) is 9.40. The van der Waals surface area contributed by atoms with Gasteiger partial charge in [-0.15, -0.1) is 0 Å². The van der Waals surface area contributed by atoms with Crippen LogP contribution in [0.4, 0.5) is 17.1 Å². The first-order valence-corrected chi connectivity index (χ1v) is 6.98. The summed E-state index contributed by atoms with van der Waals surface area (Å²) >= 11 is 15.4. The molecule has 0 saturated carbocycles. The van der Waals surface area contributed by atoms with Crippen molar-refractivity contribution in [2.45, 2.75) is 0 Å². The summed E-state index contributed by atoms with van der Waals surface area (Å²) < 4.78 is 0.668. The van der Waals surface area contributed by atoms with E-state index in [9.17, 15) is 4.79 Å². The van der Waals surface area contributed by atoms with Gasteiger partial charge in [-0.3, -0.25) is 0 Å². The number of rotatable bonds is 3. The number of carboxylic acid groups (broad SMARTS) is 1. The molecule has 4 nitrogen and oxygen atoms in total. The van der Waals surface area contributed by atoms with Crippen LogP contribution < -0.4 is 11.1 Å². The molecule has 0 bridgehead atoms. The number of benzene rings is 2. The number of carbonyl (C=O) groups is 1. The Balaban J connectivity index is 2.42. The lowest BCUT2D eigenvalue weighted by Gasteiger charge is -2.13. The Kier molecular flexibility index (Phi) is 4.42. The molecule has 0 heterocycles. The summed E-state index contributed by atoms with van der Waals surface area (Å²) in [6, 6.07) is 7.82. The number of anilines is 3. The van der Waals surface area contributed by atoms with Gasteiger partial charge in [-0.2, -0.15) is 0 Å². The number of nitrogen functional groups attached to an aromatic ring is 1. The molecule has 0 fully saturated rings. The summed E-state index contributed by atoms with van der Waals surface area (Å²) in [5.41, 5.74) is 7.33. The van der Waals surface area contributed by atoms with Gasteiger partial charge in [0.25, 0.3) is 0 Å². The van der Waals surface area contributed by atoms with E-state index in [2.05, 4.69) is 21.2 Å². The Bertz CT molecular complexity index is 692. The number of nitrogens with one attached hydrogen (secondary N) is 1. The summed E-state index contributed by atoms with van der Waals surface area (Å²) in [5, 5.41) is 12.6. The van der Waals surface area contributed by atoms with Crippen LogP contribution in [0.25, 0.3) is 0 Å². The first kappa shape index (κ1) is 15.0. The van der Waals surface area contributed by atoms with E-state index >= 15 is 0 Å². The van der Waals surface area contributed by atoms with Gasteiger partial charge >= 0.3 is 5.97 Å². The maximum Gasteiger partial charge on any atom is 0.335 e. The topological polar surface area (TPSA) is 75.4 Å². The molecule has 0 amide bonds. The summed E-state index contributed by atoms with van der Waals surface area (Å²) in [5.74, 6) is -1.03. The van der Waals surface area contributed by atoms with Gasteiger partial charge in [-0.1, -0.05) is 23.2 Å². The van der Waals surface area contributed by atoms with E-state index in [1.165, 1.54) is 18.2 Å². The summed E-state index contributed by atoms with van der Waals surface area (Å²) in [7, 11) is 0. The molecule has 2 rings (SSSR count). The molecule has 104 valence electrons. The molecule has 0 aliphatic heterocycles. The number of aromatic carboxylic acids is 1. The zero-order chi connectivity index (χ0) is 14.9. The quantitative estimate of drug-likeness (QED) is 0.533. The van der Waals surface area contributed by atoms with Crippen molar-refractivity contribution in [2.75, 3.05) is 11.1 Å². The average Bonchev–Trinajstić information content (AvgIpc) is 2.41. The predicted octanol–water partition coefficient (Wildman–Crippen LogP) is 4.78. The van der Waals surface area contributed by atoms with E-state index in [1.54, 1.807) is 12.1 Å². The highest BCUT2D eigenvalue weighted by molar-refractivity contribution is 9.10. The Labute approximate surface area is 133 Å². The standard InChI is InChI=1S/C13H9BrCl2N2O2/c14-7-2-4-9(12(16)11(7)15)18-10-5-6(13(19)20)1-3-8(10)17/h1-5,18H,17H2,(H,19,20). The largest absolute Gasteiger partial charge is 0.478 e. The summed E-state index contributed by atoms with van der Waals surface area (Å²) in [6.45, 7) is 0. The Hall–Kier alpha value is -1.43. The van der Waals surface area contributed by atoms with E-state index in [0.717, 1.165) is 0 Å². The molecule has 20 heavy (non-hydrogen) atoms. The van der Waals surface area contributed by atoms with Gasteiger partial charge < -0.3 is 16.2 Å². The van der Waals surface area contributed by atoms with Crippen LogP contribution in [0.5, 0.6) is 0 Å². The summed E-state index contributed by atoms with van der Waals surface area (Å²) in [4.78, 5) is 11.0. The maximum atomic E-state index is 11.0. The molecule has 0 aromatic heterocycles. The minimum atomic E-state index is -1.03. The molecular formula is C13H9BrCl2N2O2. The van der Waals surface area contributed by atoms with Gasteiger partial charge in [0.05, 0.1) is 32.7 Å². The van der Waals surface area contributed by atoms with Crippen LogP contribution in [0.3, 0.4) is 0 Å². The van der Waals surface area contributed by atoms with E-state index in [4.69, 9.17) is 34.0 Å². The molecular weight excluding hydrogens is 367 g/mol. The van der Waals surface area contributed by atoms with Crippen molar-refractivity contribution in [3.8, 4) is 0 Å². The predicted molar refractivity (Wildman–Crippen MR) is 85.3 cm³/mol. The van der Waals surface area contributed by atoms with Crippen molar-refractivity contribution in [3.63, 3.8) is 0 Å². The highest BCUT2D eigenvalue weighted by atomic mass is 79.9. The minimum absolute atomic E-state index is 0.126. The second-order valence-corrected chi connectivity index (χ2v) is 5.57. The van der Waals surface area contributed by atoms with E-state index < -0.39 is 5.97 Å². The van der Waals surface area contributed by atoms with Crippen molar-refractivity contribution < 1.29 is 9.90 Å². The second-order valence-electron chi connectivity index (χ2n) is 3.96. The smallest absolute Gasteiger partial charge is 0.335 e. The lowest BCUT2D eigenvalue weighted by atomic mass is 10.1. The van der Waals surface area contributed by atoms with Crippen molar-refractivity contribution >= 4 is 62.2 Å². The number of halogens is 3. The molecule has 4 N–H and O–H groups in total.